The molecule has 1 aliphatic rings. The van der Waals surface area contributed by atoms with Crippen molar-refractivity contribution in [2.75, 3.05) is 20.8 Å². The number of para-hydroxylation sites is 2. The third-order valence-electron chi connectivity index (χ3n) is 3.91. The molecule has 0 spiro atoms. The first-order chi connectivity index (χ1) is 11.2. The largest absolute Gasteiger partial charge is 0.493 e. The molecule has 0 saturated heterocycles. The third kappa shape index (κ3) is 2.95. The highest BCUT2D eigenvalue weighted by molar-refractivity contribution is 5.98. The SMILES string of the molecule is COc1cccc(C(=O)NC2CCOc3ccccc32)c1OC. The van der Waals surface area contributed by atoms with Crippen molar-refractivity contribution in [3.63, 3.8) is 0 Å². The van der Waals surface area contributed by atoms with Gasteiger partial charge in [0.1, 0.15) is 5.75 Å². The number of hydrogen-bond donors (Lipinski definition) is 1. The summed E-state index contributed by atoms with van der Waals surface area (Å²) in [4.78, 5) is 12.7. The summed E-state index contributed by atoms with van der Waals surface area (Å²) in [5.41, 5.74) is 1.45. The first-order valence-corrected chi connectivity index (χ1v) is 7.48. The molecule has 2 aromatic rings. The van der Waals surface area contributed by atoms with Gasteiger partial charge < -0.3 is 19.5 Å². The molecule has 5 nitrogen and oxygen atoms in total. The van der Waals surface area contributed by atoms with Crippen LogP contribution >= 0.6 is 0 Å². The number of amides is 1. The standard InChI is InChI=1S/C18H19NO4/c1-21-16-9-5-7-13(17(16)22-2)18(20)19-14-10-11-23-15-8-4-3-6-12(14)15/h3-9,14H,10-11H2,1-2H3,(H,19,20). The topological polar surface area (TPSA) is 56.8 Å². The van der Waals surface area contributed by atoms with Crippen LogP contribution in [-0.2, 0) is 0 Å². The number of fused-ring (bicyclic) bond motifs is 1. The van der Waals surface area contributed by atoms with Crippen LogP contribution in [0.2, 0.25) is 0 Å². The zero-order chi connectivity index (χ0) is 16.2. The average Bonchev–Trinajstić information content (AvgIpc) is 2.61. The van der Waals surface area contributed by atoms with E-state index in [-0.39, 0.29) is 11.9 Å². The highest BCUT2D eigenvalue weighted by Gasteiger charge is 2.25. The predicted molar refractivity (Wildman–Crippen MR) is 86.3 cm³/mol. The van der Waals surface area contributed by atoms with Crippen molar-refractivity contribution < 1.29 is 19.0 Å². The van der Waals surface area contributed by atoms with Crippen molar-refractivity contribution in [3.8, 4) is 17.2 Å². The molecule has 1 amide bonds. The van der Waals surface area contributed by atoms with E-state index in [1.165, 1.54) is 7.11 Å². The Bertz CT molecular complexity index is 714. The van der Waals surface area contributed by atoms with Gasteiger partial charge in [-0.3, -0.25) is 4.79 Å². The van der Waals surface area contributed by atoms with E-state index in [4.69, 9.17) is 14.2 Å². The quantitative estimate of drug-likeness (QED) is 0.943. The molecule has 1 atom stereocenters. The molecule has 3 rings (SSSR count). The number of methoxy groups -OCH3 is 2. The van der Waals surface area contributed by atoms with Gasteiger partial charge in [0.05, 0.1) is 32.4 Å². The second-order valence-electron chi connectivity index (χ2n) is 5.24. The zero-order valence-electron chi connectivity index (χ0n) is 13.2. The Morgan fingerprint density at radius 3 is 2.74 bits per heavy atom. The first kappa shape index (κ1) is 15.2. The molecule has 0 radical (unpaired) electrons. The summed E-state index contributed by atoms with van der Waals surface area (Å²) in [6.45, 7) is 0.581. The van der Waals surface area contributed by atoms with Crippen molar-refractivity contribution in [2.24, 2.45) is 0 Å². The number of hydrogen-bond acceptors (Lipinski definition) is 4. The van der Waals surface area contributed by atoms with Gasteiger partial charge in [-0.05, 0) is 18.2 Å². The molecule has 0 aromatic heterocycles. The summed E-state index contributed by atoms with van der Waals surface area (Å²) in [5.74, 6) is 1.60. The highest BCUT2D eigenvalue weighted by atomic mass is 16.5. The summed E-state index contributed by atoms with van der Waals surface area (Å²) in [6, 6.07) is 12.9. The van der Waals surface area contributed by atoms with Crippen LogP contribution in [0.15, 0.2) is 42.5 Å². The molecule has 0 saturated carbocycles. The maximum absolute atomic E-state index is 12.7. The van der Waals surface area contributed by atoms with Crippen LogP contribution in [0, 0.1) is 0 Å². The van der Waals surface area contributed by atoms with Gasteiger partial charge in [-0.1, -0.05) is 24.3 Å². The predicted octanol–water partition coefficient (Wildman–Crippen LogP) is 2.96. The Labute approximate surface area is 135 Å². The Balaban J connectivity index is 1.86. The van der Waals surface area contributed by atoms with Gasteiger partial charge in [-0.2, -0.15) is 0 Å². The maximum atomic E-state index is 12.7. The lowest BCUT2D eigenvalue weighted by atomic mass is 10.00. The highest BCUT2D eigenvalue weighted by Crippen LogP contribution is 2.34. The second-order valence-corrected chi connectivity index (χ2v) is 5.24. The van der Waals surface area contributed by atoms with Gasteiger partial charge in [0.15, 0.2) is 11.5 Å². The average molecular weight is 313 g/mol. The van der Waals surface area contributed by atoms with E-state index in [1.54, 1.807) is 25.3 Å². The van der Waals surface area contributed by atoms with Crippen molar-refractivity contribution in [1.29, 1.82) is 0 Å². The van der Waals surface area contributed by atoms with Gasteiger partial charge in [0, 0.05) is 12.0 Å². The van der Waals surface area contributed by atoms with E-state index in [0.29, 0.717) is 23.7 Å². The summed E-state index contributed by atoms with van der Waals surface area (Å²) in [6.07, 6.45) is 0.731. The normalized spacial score (nSPS) is 16.0. The molecule has 1 unspecified atom stereocenters. The molecule has 0 aliphatic carbocycles. The van der Waals surface area contributed by atoms with E-state index in [9.17, 15) is 4.79 Å². The van der Waals surface area contributed by atoms with Gasteiger partial charge >= 0.3 is 0 Å². The van der Waals surface area contributed by atoms with E-state index < -0.39 is 0 Å². The van der Waals surface area contributed by atoms with Crippen molar-refractivity contribution in [2.45, 2.75) is 12.5 Å². The molecule has 1 aliphatic heterocycles. The minimum Gasteiger partial charge on any atom is -0.493 e. The van der Waals surface area contributed by atoms with Crippen LogP contribution in [0.4, 0.5) is 0 Å². The van der Waals surface area contributed by atoms with Crippen molar-refractivity contribution >= 4 is 5.91 Å². The summed E-state index contributed by atoms with van der Waals surface area (Å²) < 4.78 is 16.2. The van der Waals surface area contributed by atoms with Crippen LogP contribution in [-0.4, -0.2) is 26.7 Å². The van der Waals surface area contributed by atoms with Crippen LogP contribution in [0.1, 0.15) is 28.4 Å². The minimum absolute atomic E-state index is 0.0802. The summed E-state index contributed by atoms with van der Waals surface area (Å²) in [5, 5.41) is 3.06. The third-order valence-corrected chi connectivity index (χ3v) is 3.91. The molecular formula is C18H19NO4. The molecule has 23 heavy (non-hydrogen) atoms. The Kier molecular flexibility index (Phi) is 4.37. The van der Waals surface area contributed by atoms with Crippen LogP contribution in [0.5, 0.6) is 17.2 Å². The molecule has 120 valence electrons. The van der Waals surface area contributed by atoms with Crippen molar-refractivity contribution in [3.05, 3.63) is 53.6 Å². The number of benzene rings is 2. The molecule has 1 heterocycles. The molecule has 1 N–H and O–H groups in total. The smallest absolute Gasteiger partial charge is 0.255 e. The van der Waals surface area contributed by atoms with Crippen LogP contribution < -0.4 is 19.5 Å². The number of ether oxygens (including phenoxy) is 3. The Morgan fingerprint density at radius 1 is 1.13 bits per heavy atom. The molecular weight excluding hydrogens is 294 g/mol. The summed E-state index contributed by atoms with van der Waals surface area (Å²) in [7, 11) is 3.08. The van der Waals surface area contributed by atoms with Crippen LogP contribution in [0.25, 0.3) is 0 Å². The van der Waals surface area contributed by atoms with E-state index in [0.717, 1.165) is 17.7 Å². The van der Waals surface area contributed by atoms with E-state index in [1.807, 2.05) is 24.3 Å². The van der Waals surface area contributed by atoms with E-state index in [2.05, 4.69) is 5.32 Å². The van der Waals surface area contributed by atoms with Gasteiger partial charge in [0.2, 0.25) is 0 Å². The molecule has 0 bridgehead atoms. The summed E-state index contributed by atoms with van der Waals surface area (Å²) >= 11 is 0. The monoisotopic (exact) mass is 313 g/mol. The van der Waals surface area contributed by atoms with Crippen molar-refractivity contribution in [1.82, 2.24) is 5.32 Å². The van der Waals surface area contributed by atoms with Gasteiger partial charge in [-0.15, -0.1) is 0 Å². The number of carbonyl (C=O) groups is 1. The lowest BCUT2D eigenvalue weighted by molar-refractivity contribution is 0.0921. The molecule has 2 aromatic carbocycles. The Morgan fingerprint density at radius 2 is 1.96 bits per heavy atom. The number of carbonyl (C=O) groups excluding carboxylic acids is 1. The Hall–Kier alpha value is -2.69. The van der Waals surface area contributed by atoms with Gasteiger partial charge in [-0.25, -0.2) is 0 Å². The first-order valence-electron chi connectivity index (χ1n) is 7.48. The second kappa shape index (κ2) is 6.60. The lowest BCUT2D eigenvalue weighted by Gasteiger charge is -2.27. The van der Waals surface area contributed by atoms with E-state index >= 15 is 0 Å². The zero-order valence-corrected chi connectivity index (χ0v) is 13.2. The lowest BCUT2D eigenvalue weighted by Crippen LogP contribution is -2.32. The molecule has 5 heteroatoms. The minimum atomic E-state index is -0.192. The van der Waals surface area contributed by atoms with Gasteiger partial charge in [0.25, 0.3) is 5.91 Å². The fraction of sp³-hybridized carbons (Fsp3) is 0.278. The molecule has 0 fully saturated rings. The fourth-order valence-electron chi connectivity index (χ4n) is 2.79. The number of rotatable bonds is 4. The van der Waals surface area contributed by atoms with Crippen LogP contribution in [0.3, 0.4) is 0 Å². The fourth-order valence-corrected chi connectivity index (χ4v) is 2.79. The maximum Gasteiger partial charge on any atom is 0.255 e. The number of nitrogens with one attached hydrogen (secondary N) is 1.